The highest BCUT2D eigenvalue weighted by Gasteiger charge is 2.19. The summed E-state index contributed by atoms with van der Waals surface area (Å²) in [6.45, 7) is 10.1. The number of aromatic nitrogens is 2. The Balaban J connectivity index is 2.25. The summed E-state index contributed by atoms with van der Waals surface area (Å²) in [5.74, 6) is 1.41. The Morgan fingerprint density at radius 3 is 2.55 bits per heavy atom. The summed E-state index contributed by atoms with van der Waals surface area (Å²) in [6.07, 6.45) is 0. The van der Waals surface area contributed by atoms with Crippen LogP contribution in [0.5, 0.6) is 0 Å². The third kappa shape index (κ3) is 3.25. The molecule has 1 aliphatic rings. The van der Waals surface area contributed by atoms with Crippen molar-refractivity contribution >= 4 is 11.7 Å². The number of rotatable bonds is 4. The molecule has 2 heterocycles. The van der Waals surface area contributed by atoms with Gasteiger partial charge >= 0.3 is 0 Å². The van der Waals surface area contributed by atoms with Crippen molar-refractivity contribution in [2.45, 2.75) is 20.8 Å². The van der Waals surface area contributed by atoms with Gasteiger partial charge in [0.25, 0.3) is 5.91 Å². The fourth-order valence-corrected chi connectivity index (χ4v) is 2.29. The van der Waals surface area contributed by atoms with Crippen LogP contribution in [0.2, 0.25) is 0 Å². The van der Waals surface area contributed by atoms with Crippen molar-refractivity contribution in [1.29, 1.82) is 0 Å². The minimum absolute atomic E-state index is 0.0324. The molecule has 0 aromatic carbocycles. The first-order chi connectivity index (χ1) is 9.65. The van der Waals surface area contributed by atoms with E-state index in [0.717, 1.165) is 18.9 Å². The van der Waals surface area contributed by atoms with Crippen LogP contribution in [0.3, 0.4) is 0 Å². The zero-order chi connectivity index (χ0) is 14.5. The van der Waals surface area contributed by atoms with Crippen molar-refractivity contribution in [3.8, 4) is 0 Å². The number of carbonyl (C=O) groups is 1. The molecule has 0 saturated carbocycles. The van der Waals surface area contributed by atoms with Gasteiger partial charge in [0.05, 0.1) is 13.2 Å². The van der Waals surface area contributed by atoms with E-state index in [1.807, 2.05) is 20.8 Å². The van der Waals surface area contributed by atoms with Crippen LogP contribution in [-0.2, 0) is 4.74 Å². The number of hydrogen-bond donors (Lipinski definition) is 0. The highest BCUT2D eigenvalue weighted by atomic mass is 16.5. The summed E-state index contributed by atoms with van der Waals surface area (Å²) < 4.78 is 5.34. The van der Waals surface area contributed by atoms with Crippen LogP contribution in [0.25, 0.3) is 0 Å². The quantitative estimate of drug-likeness (QED) is 0.825. The van der Waals surface area contributed by atoms with Crippen molar-refractivity contribution in [2.24, 2.45) is 0 Å². The molecule has 110 valence electrons. The summed E-state index contributed by atoms with van der Waals surface area (Å²) in [4.78, 5) is 25.0. The summed E-state index contributed by atoms with van der Waals surface area (Å²) in [5, 5.41) is 0. The van der Waals surface area contributed by atoms with E-state index >= 15 is 0 Å². The lowest BCUT2D eigenvalue weighted by Gasteiger charge is -2.28. The van der Waals surface area contributed by atoms with Crippen molar-refractivity contribution in [3.63, 3.8) is 0 Å². The van der Waals surface area contributed by atoms with Crippen molar-refractivity contribution in [3.05, 3.63) is 17.6 Å². The summed E-state index contributed by atoms with van der Waals surface area (Å²) in [5.41, 5.74) is 0.475. The van der Waals surface area contributed by atoms with E-state index in [2.05, 4.69) is 14.9 Å². The molecule has 6 nitrogen and oxygen atoms in total. The second kappa shape index (κ2) is 6.65. The molecule has 20 heavy (non-hydrogen) atoms. The molecule has 2 rings (SSSR count). The smallest absolute Gasteiger partial charge is 0.272 e. The van der Waals surface area contributed by atoms with E-state index in [4.69, 9.17) is 4.74 Å². The minimum Gasteiger partial charge on any atom is -0.378 e. The maximum atomic E-state index is 12.4. The normalized spacial score (nSPS) is 15.2. The van der Waals surface area contributed by atoms with Crippen LogP contribution in [0, 0.1) is 6.92 Å². The first-order valence-electron chi connectivity index (χ1n) is 7.13. The van der Waals surface area contributed by atoms with Gasteiger partial charge in [-0.3, -0.25) is 4.79 Å². The fourth-order valence-electron chi connectivity index (χ4n) is 2.29. The molecule has 1 fully saturated rings. The molecule has 0 aliphatic carbocycles. The van der Waals surface area contributed by atoms with Crippen LogP contribution >= 0.6 is 0 Å². The second-order valence-corrected chi connectivity index (χ2v) is 4.74. The SMILES string of the molecule is CCN(CC)C(=O)c1cc(N2CCOCC2)nc(C)n1. The van der Waals surface area contributed by atoms with Crippen LogP contribution in [0.15, 0.2) is 6.07 Å². The molecule has 1 aliphatic heterocycles. The van der Waals surface area contributed by atoms with Crippen molar-refractivity contribution in [1.82, 2.24) is 14.9 Å². The average molecular weight is 278 g/mol. The number of aryl methyl sites for hydroxylation is 1. The highest BCUT2D eigenvalue weighted by Crippen LogP contribution is 2.15. The maximum Gasteiger partial charge on any atom is 0.272 e. The van der Waals surface area contributed by atoms with Crippen molar-refractivity contribution in [2.75, 3.05) is 44.3 Å². The first kappa shape index (κ1) is 14.7. The molecule has 0 atom stereocenters. The Bertz CT molecular complexity index is 468. The molecular formula is C14H22N4O2. The molecular weight excluding hydrogens is 256 g/mol. The van der Waals surface area contributed by atoms with Gasteiger partial charge in [0.1, 0.15) is 17.3 Å². The Morgan fingerprint density at radius 1 is 1.30 bits per heavy atom. The van der Waals surface area contributed by atoms with Gasteiger partial charge in [-0.25, -0.2) is 9.97 Å². The topological polar surface area (TPSA) is 58.6 Å². The second-order valence-electron chi connectivity index (χ2n) is 4.74. The molecule has 0 spiro atoms. The first-order valence-corrected chi connectivity index (χ1v) is 7.13. The van der Waals surface area contributed by atoms with Crippen LogP contribution < -0.4 is 4.90 Å². The number of nitrogens with zero attached hydrogens (tertiary/aromatic N) is 4. The number of amides is 1. The Hall–Kier alpha value is -1.69. The van der Waals surface area contributed by atoms with Crippen LogP contribution in [0.1, 0.15) is 30.2 Å². The average Bonchev–Trinajstić information content (AvgIpc) is 2.48. The zero-order valence-electron chi connectivity index (χ0n) is 12.4. The van der Waals surface area contributed by atoms with Gasteiger partial charge < -0.3 is 14.5 Å². The summed E-state index contributed by atoms with van der Waals surface area (Å²) in [7, 11) is 0. The molecule has 0 unspecified atom stereocenters. The highest BCUT2D eigenvalue weighted by molar-refractivity contribution is 5.93. The van der Waals surface area contributed by atoms with Gasteiger partial charge in [0.2, 0.25) is 0 Å². The van der Waals surface area contributed by atoms with Crippen molar-refractivity contribution < 1.29 is 9.53 Å². The number of hydrogen-bond acceptors (Lipinski definition) is 5. The molecule has 0 radical (unpaired) electrons. The van der Waals surface area contributed by atoms with Gasteiger partial charge in [0, 0.05) is 32.2 Å². The Kier molecular flexibility index (Phi) is 4.89. The van der Waals surface area contributed by atoms with Gasteiger partial charge in [-0.05, 0) is 20.8 Å². The molecule has 0 N–H and O–H groups in total. The predicted molar refractivity (Wildman–Crippen MR) is 77.1 cm³/mol. The maximum absolute atomic E-state index is 12.4. The van der Waals surface area contributed by atoms with Crippen LogP contribution in [-0.4, -0.2) is 60.2 Å². The van der Waals surface area contributed by atoms with E-state index in [0.29, 0.717) is 37.8 Å². The molecule has 0 bridgehead atoms. The molecule has 6 heteroatoms. The van der Waals surface area contributed by atoms with Gasteiger partial charge in [-0.15, -0.1) is 0 Å². The zero-order valence-corrected chi connectivity index (χ0v) is 12.4. The largest absolute Gasteiger partial charge is 0.378 e. The lowest BCUT2D eigenvalue weighted by Crippen LogP contribution is -2.37. The molecule has 1 aromatic heterocycles. The Morgan fingerprint density at radius 2 is 1.95 bits per heavy atom. The monoisotopic (exact) mass is 278 g/mol. The predicted octanol–water partition coefficient (Wildman–Crippen LogP) is 1.10. The molecule has 1 aromatic rings. The third-order valence-corrected chi connectivity index (χ3v) is 3.43. The standard InChI is InChI=1S/C14H22N4O2/c1-4-17(5-2)14(19)12-10-13(16-11(3)15-12)18-6-8-20-9-7-18/h10H,4-9H2,1-3H3. The minimum atomic E-state index is -0.0324. The number of ether oxygens (including phenoxy) is 1. The Labute approximate surface area is 119 Å². The van der Waals surface area contributed by atoms with Crippen LogP contribution in [0.4, 0.5) is 5.82 Å². The lowest BCUT2D eigenvalue weighted by atomic mass is 10.3. The summed E-state index contributed by atoms with van der Waals surface area (Å²) in [6, 6.07) is 1.79. The summed E-state index contributed by atoms with van der Waals surface area (Å²) >= 11 is 0. The van der Waals surface area contributed by atoms with E-state index in [1.54, 1.807) is 11.0 Å². The van der Waals surface area contributed by atoms with Gasteiger partial charge in [0.15, 0.2) is 0 Å². The van der Waals surface area contributed by atoms with E-state index < -0.39 is 0 Å². The van der Waals surface area contributed by atoms with Gasteiger partial charge in [-0.1, -0.05) is 0 Å². The fraction of sp³-hybridized carbons (Fsp3) is 0.643. The van der Waals surface area contributed by atoms with Gasteiger partial charge in [-0.2, -0.15) is 0 Å². The van der Waals surface area contributed by atoms with E-state index in [1.165, 1.54) is 0 Å². The molecule has 1 saturated heterocycles. The number of morpholine rings is 1. The van der Waals surface area contributed by atoms with E-state index in [-0.39, 0.29) is 5.91 Å². The molecule has 1 amide bonds. The number of anilines is 1. The van der Waals surface area contributed by atoms with E-state index in [9.17, 15) is 4.79 Å². The number of carbonyl (C=O) groups excluding carboxylic acids is 1. The lowest BCUT2D eigenvalue weighted by molar-refractivity contribution is 0.0766. The third-order valence-electron chi connectivity index (χ3n) is 3.43.